The first-order valence-electron chi connectivity index (χ1n) is 6.02. The van der Waals surface area contributed by atoms with Crippen molar-refractivity contribution in [3.8, 4) is 0 Å². The normalized spacial score (nSPS) is 18.8. The first kappa shape index (κ1) is 11.6. The summed E-state index contributed by atoms with van der Waals surface area (Å²) in [5, 5.41) is 0. The maximum atomic E-state index is 4.36. The summed E-state index contributed by atoms with van der Waals surface area (Å²) in [7, 11) is 0. The molecule has 1 radical (unpaired) electrons. The lowest BCUT2D eigenvalue weighted by Gasteiger charge is -2.34. The number of piperazine rings is 1. The van der Waals surface area contributed by atoms with Crippen LogP contribution in [-0.4, -0.2) is 47.5 Å². The summed E-state index contributed by atoms with van der Waals surface area (Å²) in [5.41, 5.74) is 1.17. The average molecular weight is 218 g/mol. The summed E-state index contributed by atoms with van der Waals surface area (Å²) in [6.45, 7) is 10.7. The Bertz CT molecular complexity index is 291. The Labute approximate surface area is 98.1 Å². The fourth-order valence-corrected chi connectivity index (χ4v) is 2.12. The predicted octanol–water partition coefficient (Wildman–Crippen LogP) is 1.42. The molecule has 1 aliphatic rings. The van der Waals surface area contributed by atoms with Gasteiger partial charge in [-0.25, -0.2) is 0 Å². The van der Waals surface area contributed by atoms with Gasteiger partial charge in [0.15, 0.2) is 0 Å². The van der Waals surface area contributed by atoms with Gasteiger partial charge >= 0.3 is 0 Å². The third kappa shape index (κ3) is 3.29. The van der Waals surface area contributed by atoms with E-state index < -0.39 is 0 Å². The lowest BCUT2D eigenvalue weighted by Crippen LogP contribution is -2.46. The van der Waals surface area contributed by atoms with Gasteiger partial charge < -0.3 is 4.90 Å². The van der Waals surface area contributed by atoms with E-state index in [4.69, 9.17) is 0 Å². The second-order valence-corrected chi connectivity index (χ2v) is 4.29. The fourth-order valence-electron chi connectivity index (χ4n) is 2.12. The molecule has 2 rings (SSSR count). The van der Waals surface area contributed by atoms with Crippen LogP contribution in [0.15, 0.2) is 24.4 Å². The van der Waals surface area contributed by atoms with Gasteiger partial charge in [-0.15, -0.1) is 0 Å². The summed E-state index contributed by atoms with van der Waals surface area (Å²) in [5.74, 6) is 0. The fraction of sp³-hybridized carbons (Fsp3) is 0.538. The zero-order chi connectivity index (χ0) is 11.2. The molecule has 3 nitrogen and oxygen atoms in total. The van der Waals surface area contributed by atoms with Gasteiger partial charge in [-0.05, 0) is 25.1 Å². The highest BCUT2D eigenvalue weighted by molar-refractivity contribution is 5.03. The Balaban J connectivity index is 1.77. The molecule has 3 heteroatoms. The molecule has 0 N–H and O–H groups in total. The summed E-state index contributed by atoms with van der Waals surface area (Å²) < 4.78 is 0. The molecule has 87 valence electrons. The van der Waals surface area contributed by atoms with E-state index in [1.165, 1.54) is 18.8 Å². The molecule has 2 heterocycles. The molecule has 0 spiro atoms. The van der Waals surface area contributed by atoms with Crippen molar-refractivity contribution in [3.05, 3.63) is 37.0 Å². The lowest BCUT2D eigenvalue weighted by atomic mass is 10.2. The zero-order valence-electron chi connectivity index (χ0n) is 9.81. The molecule has 0 unspecified atom stereocenters. The molecule has 0 saturated carbocycles. The minimum Gasteiger partial charge on any atom is -0.301 e. The van der Waals surface area contributed by atoms with Crippen LogP contribution < -0.4 is 0 Å². The third-order valence-corrected chi connectivity index (χ3v) is 3.05. The highest BCUT2D eigenvalue weighted by Crippen LogP contribution is 2.06. The maximum absolute atomic E-state index is 4.36. The van der Waals surface area contributed by atoms with Crippen molar-refractivity contribution in [1.29, 1.82) is 0 Å². The lowest BCUT2D eigenvalue weighted by molar-refractivity contribution is 0.127. The smallest absolute Gasteiger partial charge is 0.0543 e. The number of aromatic nitrogens is 1. The van der Waals surface area contributed by atoms with Crippen LogP contribution in [0.1, 0.15) is 12.1 Å². The van der Waals surface area contributed by atoms with Crippen LogP contribution in [0.4, 0.5) is 0 Å². The molecule has 1 aromatic heterocycles. The molecule has 1 aliphatic heterocycles. The van der Waals surface area contributed by atoms with Crippen molar-refractivity contribution >= 4 is 0 Å². The van der Waals surface area contributed by atoms with E-state index in [2.05, 4.69) is 33.8 Å². The van der Waals surface area contributed by atoms with Crippen molar-refractivity contribution in [2.45, 2.75) is 13.0 Å². The Kier molecular flexibility index (Phi) is 4.31. The molecule has 1 saturated heterocycles. The number of hydrogen-bond acceptors (Lipinski definition) is 3. The van der Waals surface area contributed by atoms with Crippen molar-refractivity contribution in [2.24, 2.45) is 0 Å². The minimum atomic E-state index is 0.985. The number of hydrogen-bond donors (Lipinski definition) is 0. The van der Waals surface area contributed by atoms with E-state index in [1.54, 1.807) is 0 Å². The number of nitrogens with zero attached hydrogens (tertiary/aromatic N) is 3. The van der Waals surface area contributed by atoms with E-state index in [9.17, 15) is 0 Å². The second-order valence-electron chi connectivity index (χ2n) is 4.29. The Morgan fingerprint density at radius 1 is 1.12 bits per heavy atom. The van der Waals surface area contributed by atoms with Gasteiger partial charge in [0.1, 0.15) is 0 Å². The molecule has 1 aromatic rings. The summed E-state index contributed by atoms with van der Waals surface area (Å²) in [6.07, 6.45) is 2.88. The third-order valence-electron chi connectivity index (χ3n) is 3.05. The van der Waals surface area contributed by atoms with Gasteiger partial charge in [0.2, 0.25) is 0 Å². The van der Waals surface area contributed by atoms with Gasteiger partial charge in [0, 0.05) is 38.9 Å². The van der Waals surface area contributed by atoms with Crippen LogP contribution in [0.2, 0.25) is 0 Å². The topological polar surface area (TPSA) is 19.4 Å². The molecular weight excluding hydrogens is 198 g/mol. The van der Waals surface area contributed by atoms with Crippen LogP contribution >= 0.6 is 0 Å². The second kappa shape index (κ2) is 5.97. The monoisotopic (exact) mass is 218 g/mol. The van der Waals surface area contributed by atoms with Crippen LogP contribution in [0.25, 0.3) is 0 Å². The molecule has 0 amide bonds. The van der Waals surface area contributed by atoms with Crippen LogP contribution in [0.5, 0.6) is 0 Å². The molecule has 0 bridgehead atoms. The van der Waals surface area contributed by atoms with E-state index >= 15 is 0 Å². The van der Waals surface area contributed by atoms with Crippen LogP contribution in [0, 0.1) is 6.92 Å². The van der Waals surface area contributed by atoms with Crippen LogP contribution in [0.3, 0.4) is 0 Å². The van der Waals surface area contributed by atoms with Gasteiger partial charge in [0.05, 0.1) is 5.69 Å². The van der Waals surface area contributed by atoms with Crippen LogP contribution in [-0.2, 0) is 6.54 Å². The Hall–Kier alpha value is -0.930. The maximum Gasteiger partial charge on any atom is 0.0543 e. The molecule has 0 atom stereocenters. The first-order valence-corrected chi connectivity index (χ1v) is 6.02. The number of pyridine rings is 1. The highest BCUT2D eigenvalue weighted by atomic mass is 15.3. The zero-order valence-corrected chi connectivity index (χ0v) is 9.81. The first-order chi connectivity index (χ1) is 7.88. The van der Waals surface area contributed by atoms with Crippen molar-refractivity contribution in [1.82, 2.24) is 14.8 Å². The quantitative estimate of drug-likeness (QED) is 0.762. The minimum absolute atomic E-state index is 0.985. The summed E-state index contributed by atoms with van der Waals surface area (Å²) in [4.78, 5) is 9.33. The van der Waals surface area contributed by atoms with Gasteiger partial charge in [-0.1, -0.05) is 13.0 Å². The van der Waals surface area contributed by atoms with E-state index in [0.717, 1.165) is 32.6 Å². The molecule has 1 fully saturated rings. The summed E-state index contributed by atoms with van der Waals surface area (Å²) in [6, 6.07) is 6.12. The standard InChI is InChI=1S/C13H20N3/c1-2-7-15-8-10-16(11-9-15)12-13-5-3-4-6-14-13/h3-6H,1-2,7-12H2. The SMILES string of the molecule is [CH2]CCN1CCN(Cc2ccccn2)CC1. The van der Waals surface area contributed by atoms with Crippen molar-refractivity contribution in [2.75, 3.05) is 32.7 Å². The summed E-state index contributed by atoms with van der Waals surface area (Å²) >= 11 is 0. The van der Waals surface area contributed by atoms with E-state index in [-0.39, 0.29) is 0 Å². The Morgan fingerprint density at radius 3 is 2.50 bits per heavy atom. The molecule has 16 heavy (non-hydrogen) atoms. The van der Waals surface area contributed by atoms with E-state index in [0.29, 0.717) is 0 Å². The largest absolute Gasteiger partial charge is 0.301 e. The van der Waals surface area contributed by atoms with Gasteiger partial charge in [-0.3, -0.25) is 9.88 Å². The van der Waals surface area contributed by atoms with Gasteiger partial charge in [0.25, 0.3) is 0 Å². The molecule has 0 aromatic carbocycles. The van der Waals surface area contributed by atoms with E-state index in [1.807, 2.05) is 12.3 Å². The number of rotatable bonds is 4. The van der Waals surface area contributed by atoms with Gasteiger partial charge in [-0.2, -0.15) is 0 Å². The van der Waals surface area contributed by atoms with Crippen molar-refractivity contribution < 1.29 is 0 Å². The van der Waals surface area contributed by atoms with Crippen molar-refractivity contribution in [3.63, 3.8) is 0 Å². The Morgan fingerprint density at radius 2 is 1.88 bits per heavy atom. The predicted molar refractivity (Wildman–Crippen MR) is 65.9 cm³/mol. The molecule has 0 aliphatic carbocycles. The highest BCUT2D eigenvalue weighted by Gasteiger charge is 2.15. The molecular formula is C13H20N3. The average Bonchev–Trinajstić information content (AvgIpc) is 2.33.